The van der Waals surface area contributed by atoms with Crippen molar-refractivity contribution in [2.45, 2.75) is 31.7 Å². The molecule has 0 aliphatic carbocycles. The van der Waals surface area contributed by atoms with Gasteiger partial charge in [-0.1, -0.05) is 30.3 Å². The molecule has 0 spiro atoms. The minimum absolute atomic E-state index is 0.136. The van der Waals surface area contributed by atoms with E-state index >= 15 is 0 Å². The van der Waals surface area contributed by atoms with Gasteiger partial charge in [-0.25, -0.2) is 0 Å². The van der Waals surface area contributed by atoms with Crippen LogP contribution in [-0.2, 0) is 6.42 Å². The zero-order chi connectivity index (χ0) is 13.2. The Hall–Kier alpha value is -1.88. The number of para-hydroxylation sites is 1. The van der Waals surface area contributed by atoms with E-state index in [1.54, 1.807) is 0 Å². The Kier molecular flexibility index (Phi) is 3.21. The summed E-state index contributed by atoms with van der Waals surface area (Å²) in [5.74, 6) is 2.29. The summed E-state index contributed by atoms with van der Waals surface area (Å²) in [5.41, 5.74) is 7.07. The Balaban J connectivity index is 1.79. The van der Waals surface area contributed by atoms with Crippen molar-refractivity contribution in [1.29, 1.82) is 0 Å². The SMILES string of the molecule is CC[C@H](N)c1nc(C2COc3ccccc3C2)no1. The average molecular weight is 259 g/mol. The van der Waals surface area contributed by atoms with Gasteiger partial charge in [0.15, 0.2) is 5.82 Å². The first-order chi connectivity index (χ1) is 9.28. The largest absolute Gasteiger partial charge is 0.493 e. The molecule has 5 nitrogen and oxygen atoms in total. The first kappa shape index (κ1) is 12.2. The van der Waals surface area contributed by atoms with Crippen molar-refractivity contribution in [3.63, 3.8) is 0 Å². The van der Waals surface area contributed by atoms with Crippen molar-refractivity contribution in [1.82, 2.24) is 10.1 Å². The first-order valence-electron chi connectivity index (χ1n) is 6.57. The second-order valence-electron chi connectivity index (χ2n) is 4.83. The van der Waals surface area contributed by atoms with Gasteiger partial charge in [0.25, 0.3) is 0 Å². The van der Waals surface area contributed by atoms with Crippen LogP contribution in [0.3, 0.4) is 0 Å². The van der Waals surface area contributed by atoms with Crippen molar-refractivity contribution >= 4 is 0 Å². The van der Waals surface area contributed by atoms with Crippen LogP contribution in [-0.4, -0.2) is 16.7 Å². The number of hydrogen-bond donors (Lipinski definition) is 1. The first-order valence-corrected chi connectivity index (χ1v) is 6.57. The lowest BCUT2D eigenvalue weighted by atomic mass is 9.96. The zero-order valence-corrected chi connectivity index (χ0v) is 10.9. The number of nitrogens with zero attached hydrogens (tertiary/aromatic N) is 2. The van der Waals surface area contributed by atoms with E-state index in [1.807, 2.05) is 25.1 Å². The molecular formula is C14H17N3O2. The van der Waals surface area contributed by atoms with Crippen molar-refractivity contribution in [3.05, 3.63) is 41.5 Å². The van der Waals surface area contributed by atoms with E-state index in [2.05, 4.69) is 16.2 Å². The molecule has 0 saturated heterocycles. The molecule has 5 heteroatoms. The summed E-state index contributed by atoms with van der Waals surface area (Å²) in [7, 11) is 0. The third-order valence-electron chi connectivity index (χ3n) is 3.46. The lowest BCUT2D eigenvalue weighted by molar-refractivity contribution is 0.253. The predicted molar refractivity (Wildman–Crippen MR) is 69.9 cm³/mol. The summed E-state index contributed by atoms with van der Waals surface area (Å²) in [6.07, 6.45) is 1.65. The average Bonchev–Trinajstić information content (AvgIpc) is 2.95. The van der Waals surface area contributed by atoms with Crippen LogP contribution in [0, 0.1) is 0 Å². The molecular weight excluding hydrogens is 242 g/mol. The Morgan fingerprint density at radius 1 is 1.42 bits per heavy atom. The van der Waals surface area contributed by atoms with Crippen LogP contribution in [0.15, 0.2) is 28.8 Å². The fourth-order valence-electron chi connectivity index (χ4n) is 2.23. The van der Waals surface area contributed by atoms with Crippen molar-refractivity contribution in [2.24, 2.45) is 5.73 Å². The number of aromatic nitrogens is 2. The van der Waals surface area contributed by atoms with Crippen LogP contribution < -0.4 is 10.5 Å². The van der Waals surface area contributed by atoms with Gasteiger partial charge in [-0.3, -0.25) is 0 Å². The van der Waals surface area contributed by atoms with Crippen LogP contribution in [0.2, 0.25) is 0 Å². The maximum absolute atomic E-state index is 5.89. The van der Waals surface area contributed by atoms with Crippen LogP contribution in [0.5, 0.6) is 5.75 Å². The Labute approximate surface area is 111 Å². The molecule has 1 aromatic heterocycles. The monoisotopic (exact) mass is 259 g/mol. The van der Waals surface area contributed by atoms with Gasteiger partial charge >= 0.3 is 0 Å². The van der Waals surface area contributed by atoms with E-state index in [0.717, 1.165) is 18.6 Å². The topological polar surface area (TPSA) is 74.2 Å². The second kappa shape index (κ2) is 5.01. The number of ether oxygens (including phenoxy) is 1. The van der Waals surface area contributed by atoms with E-state index in [9.17, 15) is 0 Å². The third kappa shape index (κ3) is 2.33. The molecule has 19 heavy (non-hydrogen) atoms. The predicted octanol–water partition coefficient (Wildman–Crippen LogP) is 2.20. The molecule has 2 heterocycles. The number of fused-ring (bicyclic) bond motifs is 1. The van der Waals surface area contributed by atoms with Gasteiger partial charge in [-0.2, -0.15) is 4.98 Å². The molecule has 2 N–H and O–H groups in total. The minimum Gasteiger partial charge on any atom is -0.493 e. The number of benzene rings is 1. The van der Waals surface area contributed by atoms with Gasteiger partial charge in [-0.15, -0.1) is 0 Å². The van der Waals surface area contributed by atoms with Crippen molar-refractivity contribution in [2.75, 3.05) is 6.61 Å². The number of hydrogen-bond acceptors (Lipinski definition) is 5. The third-order valence-corrected chi connectivity index (χ3v) is 3.46. The zero-order valence-electron chi connectivity index (χ0n) is 10.9. The number of rotatable bonds is 3. The molecule has 1 unspecified atom stereocenters. The molecule has 100 valence electrons. The Morgan fingerprint density at radius 2 is 2.26 bits per heavy atom. The van der Waals surface area contributed by atoms with E-state index < -0.39 is 0 Å². The molecule has 1 aliphatic rings. The van der Waals surface area contributed by atoms with Crippen molar-refractivity contribution < 1.29 is 9.26 Å². The van der Waals surface area contributed by atoms with E-state index in [-0.39, 0.29) is 12.0 Å². The van der Waals surface area contributed by atoms with Gasteiger partial charge in [0.2, 0.25) is 5.89 Å². The van der Waals surface area contributed by atoms with Gasteiger partial charge in [-0.05, 0) is 24.5 Å². The molecule has 0 saturated carbocycles. The fourth-order valence-corrected chi connectivity index (χ4v) is 2.23. The van der Waals surface area contributed by atoms with Gasteiger partial charge < -0.3 is 15.0 Å². The molecule has 0 fully saturated rings. The summed E-state index contributed by atoms with van der Waals surface area (Å²) in [4.78, 5) is 4.39. The number of nitrogens with two attached hydrogens (primary N) is 1. The fraction of sp³-hybridized carbons (Fsp3) is 0.429. The maximum Gasteiger partial charge on any atom is 0.243 e. The molecule has 2 atom stereocenters. The van der Waals surface area contributed by atoms with Crippen LogP contribution in [0.25, 0.3) is 0 Å². The molecule has 1 aliphatic heterocycles. The second-order valence-corrected chi connectivity index (χ2v) is 4.83. The molecule has 2 aromatic rings. The Morgan fingerprint density at radius 3 is 3.11 bits per heavy atom. The van der Waals surface area contributed by atoms with E-state index in [4.69, 9.17) is 15.0 Å². The van der Waals surface area contributed by atoms with Crippen LogP contribution >= 0.6 is 0 Å². The summed E-state index contributed by atoms with van der Waals surface area (Å²) in [6, 6.07) is 7.86. The van der Waals surface area contributed by atoms with Gasteiger partial charge in [0, 0.05) is 0 Å². The van der Waals surface area contributed by atoms with E-state index in [1.165, 1.54) is 5.56 Å². The molecule has 3 rings (SSSR count). The van der Waals surface area contributed by atoms with Gasteiger partial charge in [0.1, 0.15) is 5.75 Å². The molecule has 1 aromatic carbocycles. The lowest BCUT2D eigenvalue weighted by Gasteiger charge is -2.22. The summed E-state index contributed by atoms with van der Waals surface area (Å²) >= 11 is 0. The van der Waals surface area contributed by atoms with E-state index in [0.29, 0.717) is 18.3 Å². The highest BCUT2D eigenvalue weighted by molar-refractivity contribution is 5.36. The molecule has 0 bridgehead atoms. The van der Waals surface area contributed by atoms with Crippen molar-refractivity contribution in [3.8, 4) is 5.75 Å². The van der Waals surface area contributed by atoms with Gasteiger partial charge in [0.05, 0.1) is 18.6 Å². The quantitative estimate of drug-likeness (QED) is 0.914. The molecule has 0 radical (unpaired) electrons. The van der Waals surface area contributed by atoms with Crippen LogP contribution in [0.1, 0.15) is 42.6 Å². The molecule has 0 amide bonds. The standard InChI is InChI=1S/C14H17N3O2/c1-2-11(15)14-16-13(17-19-14)10-7-9-5-3-4-6-12(9)18-8-10/h3-6,10-11H,2,7-8,15H2,1H3/t10?,11-/m0/s1. The smallest absolute Gasteiger partial charge is 0.243 e. The normalized spacial score (nSPS) is 19.6. The highest BCUT2D eigenvalue weighted by Gasteiger charge is 2.26. The summed E-state index contributed by atoms with van der Waals surface area (Å²) in [5, 5.41) is 4.04. The summed E-state index contributed by atoms with van der Waals surface area (Å²) < 4.78 is 11.0. The maximum atomic E-state index is 5.89. The Bertz CT molecular complexity index is 567. The highest BCUT2D eigenvalue weighted by Crippen LogP contribution is 2.31. The summed E-state index contributed by atoms with van der Waals surface area (Å²) in [6.45, 7) is 2.58. The highest BCUT2D eigenvalue weighted by atomic mass is 16.5. The van der Waals surface area contributed by atoms with Crippen LogP contribution in [0.4, 0.5) is 0 Å². The lowest BCUT2D eigenvalue weighted by Crippen LogP contribution is -2.20. The minimum atomic E-state index is -0.182.